The van der Waals surface area contributed by atoms with Crippen molar-refractivity contribution in [1.82, 2.24) is 15.1 Å². The Morgan fingerprint density at radius 3 is 2.21 bits per heavy atom. The van der Waals surface area contributed by atoms with Crippen LogP contribution in [0, 0.1) is 0 Å². The summed E-state index contributed by atoms with van der Waals surface area (Å²) in [7, 11) is 1.57. The van der Waals surface area contributed by atoms with Gasteiger partial charge in [0.25, 0.3) is 5.91 Å². The normalized spacial score (nSPS) is 14.4. The van der Waals surface area contributed by atoms with E-state index >= 15 is 0 Å². The number of likely N-dealkylation sites (tertiary alicyclic amines) is 1. The molecule has 0 spiro atoms. The van der Waals surface area contributed by atoms with Crippen LogP contribution in [0.1, 0.15) is 41.3 Å². The second kappa shape index (κ2) is 12.1. The Morgan fingerprint density at radius 2 is 1.61 bits per heavy atom. The highest BCUT2D eigenvalue weighted by atomic mass is 35.5. The Morgan fingerprint density at radius 1 is 0.947 bits per heavy atom. The molecule has 0 aliphatic carbocycles. The SMILES string of the molecule is COc1ccc(C(=O)N(Cc2cccc(Cl)c2)C2(C(=O)NCc3ccccc3)CCN(C(C)=O)CC2)cc1. The van der Waals surface area contributed by atoms with Crippen molar-refractivity contribution in [2.75, 3.05) is 20.2 Å². The molecule has 198 valence electrons. The van der Waals surface area contributed by atoms with Crippen molar-refractivity contribution in [3.8, 4) is 5.75 Å². The van der Waals surface area contributed by atoms with Crippen LogP contribution < -0.4 is 10.1 Å². The third kappa shape index (κ3) is 6.17. The van der Waals surface area contributed by atoms with Gasteiger partial charge in [0.1, 0.15) is 11.3 Å². The summed E-state index contributed by atoms with van der Waals surface area (Å²) in [6.45, 7) is 2.78. The molecule has 3 amide bonds. The summed E-state index contributed by atoms with van der Waals surface area (Å²) in [6.07, 6.45) is 0.630. The first-order valence-corrected chi connectivity index (χ1v) is 13.0. The molecule has 1 heterocycles. The van der Waals surface area contributed by atoms with E-state index in [1.165, 1.54) is 6.92 Å². The molecular weight excluding hydrogens is 502 g/mol. The molecule has 7 nitrogen and oxygen atoms in total. The number of carbonyl (C=O) groups excluding carboxylic acids is 3. The summed E-state index contributed by atoms with van der Waals surface area (Å²) < 4.78 is 5.26. The van der Waals surface area contributed by atoms with E-state index in [1.807, 2.05) is 42.5 Å². The molecule has 4 rings (SSSR count). The summed E-state index contributed by atoms with van der Waals surface area (Å²) in [5.41, 5.74) is 1.04. The number of hydrogen-bond acceptors (Lipinski definition) is 4. The molecule has 0 saturated carbocycles. The minimum Gasteiger partial charge on any atom is -0.497 e. The highest BCUT2D eigenvalue weighted by Gasteiger charge is 2.48. The van der Waals surface area contributed by atoms with Gasteiger partial charge < -0.3 is 19.9 Å². The summed E-state index contributed by atoms with van der Waals surface area (Å²) in [5, 5.41) is 3.62. The number of benzene rings is 3. The van der Waals surface area contributed by atoms with Gasteiger partial charge in [0.15, 0.2) is 0 Å². The number of halogens is 1. The Kier molecular flexibility index (Phi) is 8.69. The molecule has 3 aromatic rings. The van der Waals surface area contributed by atoms with Gasteiger partial charge >= 0.3 is 0 Å². The van der Waals surface area contributed by atoms with Crippen LogP contribution in [0.2, 0.25) is 5.02 Å². The van der Waals surface area contributed by atoms with Crippen molar-refractivity contribution < 1.29 is 19.1 Å². The van der Waals surface area contributed by atoms with Gasteiger partial charge in [-0.2, -0.15) is 0 Å². The number of carbonyl (C=O) groups is 3. The van der Waals surface area contributed by atoms with Crippen molar-refractivity contribution in [2.24, 2.45) is 0 Å². The maximum Gasteiger partial charge on any atom is 0.255 e. The average molecular weight is 534 g/mol. The first-order valence-electron chi connectivity index (χ1n) is 12.6. The van der Waals surface area contributed by atoms with E-state index in [2.05, 4.69) is 5.32 Å². The van der Waals surface area contributed by atoms with Crippen LogP contribution in [0.15, 0.2) is 78.9 Å². The molecule has 0 unspecified atom stereocenters. The second-order valence-corrected chi connectivity index (χ2v) is 9.89. The molecule has 0 bridgehead atoms. The minimum atomic E-state index is -1.17. The van der Waals surface area contributed by atoms with Gasteiger partial charge in [-0.1, -0.05) is 54.1 Å². The molecule has 3 aromatic carbocycles. The molecule has 1 fully saturated rings. The first-order chi connectivity index (χ1) is 18.3. The van der Waals surface area contributed by atoms with Crippen LogP contribution in [-0.4, -0.2) is 53.3 Å². The predicted molar refractivity (Wildman–Crippen MR) is 147 cm³/mol. The van der Waals surface area contributed by atoms with Crippen molar-refractivity contribution in [1.29, 1.82) is 0 Å². The molecule has 1 N–H and O–H groups in total. The third-order valence-corrected chi connectivity index (χ3v) is 7.32. The average Bonchev–Trinajstić information content (AvgIpc) is 2.95. The van der Waals surface area contributed by atoms with Crippen LogP contribution in [0.5, 0.6) is 5.75 Å². The van der Waals surface area contributed by atoms with Crippen molar-refractivity contribution >= 4 is 29.3 Å². The maximum absolute atomic E-state index is 14.1. The topological polar surface area (TPSA) is 79.0 Å². The van der Waals surface area contributed by atoms with E-state index in [0.29, 0.717) is 48.8 Å². The Hall–Kier alpha value is -3.84. The summed E-state index contributed by atoms with van der Waals surface area (Å²) in [5.74, 6) is 0.0615. The lowest BCUT2D eigenvalue weighted by Crippen LogP contribution is -2.64. The van der Waals surface area contributed by atoms with Gasteiger partial charge in [0.05, 0.1) is 7.11 Å². The Balaban J connectivity index is 1.73. The highest BCUT2D eigenvalue weighted by Crippen LogP contribution is 2.33. The molecule has 0 atom stereocenters. The molecule has 0 radical (unpaired) electrons. The van der Waals surface area contributed by atoms with E-state index < -0.39 is 5.54 Å². The van der Waals surface area contributed by atoms with Crippen LogP contribution in [-0.2, 0) is 22.7 Å². The van der Waals surface area contributed by atoms with Crippen molar-refractivity contribution in [3.05, 3.63) is 101 Å². The zero-order chi connectivity index (χ0) is 27.1. The number of hydrogen-bond donors (Lipinski definition) is 1. The van der Waals surface area contributed by atoms with Gasteiger partial charge in [0, 0.05) is 43.7 Å². The standard InChI is InChI=1S/C30H32ClN3O4/c1-22(35)33-17-15-30(16-18-33,29(37)32-20-23-7-4-3-5-8-23)34(21-24-9-6-10-26(31)19-24)28(36)25-11-13-27(38-2)14-12-25/h3-14,19H,15-18,20-21H2,1-2H3,(H,32,37). The van der Waals surface area contributed by atoms with Gasteiger partial charge in [-0.05, 0) is 60.4 Å². The fourth-order valence-electron chi connectivity index (χ4n) is 4.88. The lowest BCUT2D eigenvalue weighted by molar-refractivity contribution is -0.141. The van der Waals surface area contributed by atoms with Crippen molar-refractivity contribution in [3.63, 3.8) is 0 Å². The number of ether oxygens (including phenoxy) is 1. The number of methoxy groups -OCH3 is 1. The van der Waals surface area contributed by atoms with Crippen LogP contribution in [0.4, 0.5) is 0 Å². The van der Waals surface area contributed by atoms with E-state index in [4.69, 9.17) is 16.3 Å². The third-order valence-electron chi connectivity index (χ3n) is 7.08. The van der Waals surface area contributed by atoms with E-state index in [9.17, 15) is 14.4 Å². The van der Waals surface area contributed by atoms with Gasteiger partial charge in [-0.3, -0.25) is 14.4 Å². The van der Waals surface area contributed by atoms with Crippen LogP contribution in [0.3, 0.4) is 0 Å². The van der Waals surface area contributed by atoms with E-state index in [1.54, 1.807) is 53.3 Å². The molecule has 1 saturated heterocycles. The number of amides is 3. The van der Waals surface area contributed by atoms with Crippen LogP contribution >= 0.6 is 11.6 Å². The Bertz CT molecular complexity index is 1270. The number of rotatable bonds is 8. The van der Waals surface area contributed by atoms with Gasteiger partial charge in [0.2, 0.25) is 11.8 Å². The lowest BCUT2D eigenvalue weighted by Gasteiger charge is -2.47. The minimum absolute atomic E-state index is 0.0498. The lowest BCUT2D eigenvalue weighted by atomic mass is 9.83. The molecule has 38 heavy (non-hydrogen) atoms. The monoisotopic (exact) mass is 533 g/mol. The van der Waals surface area contributed by atoms with Gasteiger partial charge in [-0.25, -0.2) is 0 Å². The first kappa shape index (κ1) is 27.2. The maximum atomic E-state index is 14.1. The summed E-state index contributed by atoms with van der Waals surface area (Å²) in [6, 6.07) is 23.8. The number of nitrogens with one attached hydrogen (secondary N) is 1. The van der Waals surface area contributed by atoms with Gasteiger partial charge in [-0.15, -0.1) is 0 Å². The second-order valence-electron chi connectivity index (χ2n) is 9.46. The zero-order valence-electron chi connectivity index (χ0n) is 21.7. The highest BCUT2D eigenvalue weighted by molar-refractivity contribution is 6.30. The fourth-order valence-corrected chi connectivity index (χ4v) is 5.09. The van der Waals surface area contributed by atoms with Crippen LogP contribution in [0.25, 0.3) is 0 Å². The molecule has 0 aromatic heterocycles. The molecule has 1 aliphatic heterocycles. The fraction of sp³-hybridized carbons (Fsp3) is 0.300. The van der Waals surface area contributed by atoms with Crippen molar-refractivity contribution in [2.45, 2.75) is 38.4 Å². The number of piperidine rings is 1. The molecule has 1 aliphatic rings. The van der Waals surface area contributed by atoms with E-state index in [-0.39, 0.29) is 24.3 Å². The zero-order valence-corrected chi connectivity index (χ0v) is 22.4. The molecular formula is C30H32ClN3O4. The Labute approximate surface area is 228 Å². The summed E-state index contributed by atoms with van der Waals surface area (Å²) >= 11 is 6.27. The molecule has 8 heteroatoms. The quantitative estimate of drug-likeness (QED) is 0.455. The summed E-state index contributed by atoms with van der Waals surface area (Å²) in [4.78, 5) is 43.7. The number of nitrogens with zero attached hydrogens (tertiary/aromatic N) is 2. The smallest absolute Gasteiger partial charge is 0.255 e. The largest absolute Gasteiger partial charge is 0.497 e. The van der Waals surface area contributed by atoms with E-state index in [0.717, 1.165) is 11.1 Å². The predicted octanol–water partition coefficient (Wildman–Crippen LogP) is 4.69.